The van der Waals surface area contributed by atoms with E-state index in [2.05, 4.69) is 5.16 Å². The van der Waals surface area contributed by atoms with Crippen LogP contribution in [-0.4, -0.2) is 10.9 Å². The predicted molar refractivity (Wildman–Crippen MR) is 57.8 cm³/mol. The van der Waals surface area contributed by atoms with Gasteiger partial charge in [0.05, 0.1) is 5.71 Å². The Morgan fingerprint density at radius 3 is 2.36 bits per heavy atom. The van der Waals surface area contributed by atoms with Crippen LogP contribution in [0.4, 0.5) is 0 Å². The molecule has 0 amide bonds. The average Bonchev–Trinajstić information content (AvgIpc) is 2.30. The molecule has 2 aliphatic carbocycles. The summed E-state index contributed by atoms with van der Waals surface area (Å²) >= 11 is 0. The first-order valence-electron chi connectivity index (χ1n) is 6.12. The maximum Gasteiger partial charge on any atom is 0.0604 e. The Hall–Kier alpha value is -0.530. The van der Waals surface area contributed by atoms with Crippen molar-refractivity contribution in [3.8, 4) is 0 Å². The van der Waals surface area contributed by atoms with E-state index in [-0.39, 0.29) is 0 Å². The molecule has 0 saturated heterocycles. The summed E-state index contributed by atoms with van der Waals surface area (Å²) < 4.78 is 0. The monoisotopic (exact) mass is 195 g/mol. The molecule has 2 rings (SSSR count). The highest BCUT2D eigenvalue weighted by Gasteiger charge is 2.29. The second kappa shape index (κ2) is 4.81. The highest BCUT2D eigenvalue weighted by atomic mass is 16.4. The van der Waals surface area contributed by atoms with Gasteiger partial charge in [-0.15, -0.1) is 0 Å². The molecule has 2 fully saturated rings. The van der Waals surface area contributed by atoms with Crippen molar-refractivity contribution in [1.82, 2.24) is 0 Å². The van der Waals surface area contributed by atoms with Gasteiger partial charge in [0.25, 0.3) is 0 Å². The van der Waals surface area contributed by atoms with E-state index >= 15 is 0 Å². The van der Waals surface area contributed by atoms with Gasteiger partial charge in [0.1, 0.15) is 0 Å². The van der Waals surface area contributed by atoms with Gasteiger partial charge in [0.15, 0.2) is 0 Å². The fraction of sp³-hybridized carbons (Fsp3) is 0.917. The third kappa shape index (κ3) is 2.10. The van der Waals surface area contributed by atoms with Gasteiger partial charge in [-0.2, -0.15) is 0 Å². The van der Waals surface area contributed by atoms with E-state index in [9.17, 15) is 0 Å². The lowest BCUT2D eigenvalue weighted by Gasteiger charge is -2.33. The molecule has 0 aromatic heterocycles. The van der Waals surface area contributed by atoms with E-state index in [1.54, 1.807) is 0 Å². The topological polar surface area (TPSA) is 32.6 Å². The zero-order valence-electron chi connectivity index (χ0n) is 8.91. The molecule has 14 heavy (non-hydrogen) atoms. The van der Waals surface area contributed by atoms with Crippen molar-refractivity contribution in [3.63, 3.8) is 0 Å². The summed E-state index contributed by atoms with van der Waals surface area (Å²) in [5.41, 5.74) is 1.10. The summed E-state index contributed by atoms with van der Waals surface area (Å²) in [4.78, 5) is 0. The number of nitrogens with zero attached hydrogens (tertiary/aromatic N) is 1. The Bertz CT molecular complexity index is 206. The van der Waals surface area contributed by atoms with Crippen LogP contribution in [0.3, 0.4) is 0 Å². The largest absolute Gasteiger partial charge is 0.411 e. The third-order valence-electron chi connectivity index (χ3n) is 3.97. The minimum Gasteiger partial charge on any atom is -0.411 e. The molecule has 0 bridgehead atoms. The molecule has 2 nitrogen and oxygen atoms in total. The second-order valence-corrected chi connectivity index (χ2v) is 4.84. The van der Waals surface area contributed by atoms with Crippen molar-refractivity contribution < 1.29 is 5.21 Å². The Morgan fingerprint density at radius 2 is 1.64 bits per heavy atom. The van der Waals surface area contributed by atoms with Crippen molar-refractivity contribution in [2.75, 3.05) is 0 Å². The highest BCUT2D eigenvalue weighted by molar-refractivity contribution is 5.87. The van der Waals surface area contributed by atoms with Crippen LogP contribution in [0.1, 0.15) is 57.8 Å². The fourth-order valence-corrected chi connectivity index (χ4v) is 3.19. The lowest BCUT2D eigenvalue weighted by Crippen LogP contribution is -2.28. The van der Waals surface area contributed by atoms with Crippen LogP contribution < -0.4 is 0 Å². The predicted octanol–water partition coefficient (Wildman–Crippen LogP) is 3.59. The molecule has 1 N–H and O–H groups in total. The summed E-state index contributed by atoms with van der Waals surface area (Å²) in [5.74, 6) is 1.45. The molecule has 80 valence electrons. The minimum absolute atomic E-state index is 0.619. The molecule has 1 atom stereocenters. The molecule has 0 radical (unpaired) electrons. The average molecular weight is 195 g/mol. The smallest absolute Gasteiger partial charge is 0.0604 e. The molecule has 0 aliphatic heterocycles. The molecule has 0 spiro atoms. The SMILES string of the molecule is ON=C1CCCCC1C1CCCCC1. The summed E-state index contributed by atoms with van der Waals surface area (Å²) in [5, 5.41) is 12.5. The van der Waals surface area contributed by atoms with E-state index in [0.29, 0.717) is 5.92 Å². The van der Waals surface area contributed by atoms with Gasteiger partial charge in [-0.3, -0.25) is 0 Å². The van der Waals surface area contributed by atoms with E-state index in [1.807, 2.05) is 0 Å². The van der Waals surface area contributed by atoms with E-state index in [1.165, 1.54) is 51.4 Å². The summed E-state index contributed by atoms with van der Waals surface area (Å²) in [7, 11) is 0. The number of oxime groups is 1. The van der Waals surface area contributed by atoms with Crippen LogP contribution in [0.15, 0.2) is 5.16 Å². The van der Waals surface area contributed by atoms with Crippen molar-refractivity contribution in [3.05, 3.63) is 0 Å². The van der Waals surface area contributed by atoms with Gasteiger partial charge in [0, 0.05) is 5.92 Å². The fourth-order valence-electron chi connectivity index (χ4n) is 3.19. The van der Waals surface area contributed by atoms with Crippen molar-refractivity contribution >= 4 is 5.71 Å². The van der Waals surface area contributed by atoms with E-state index < -0.39 is 0 Å². The molecule has 0 aromatic rings. The first-order chi connectivity index (χ1) is 6.92. The second-order valence-electron chi connectivity index (χ2n) is 4.84. The van der Waals surface area contributed by atoms with Gasteiger partial charge < -0.3 is 5.21 Å². The van der Waals surface area contributed by atoms with Gasteiger partial charge in [-0.1, -0.05) is 30.8 Å². The maximum atomic E-state index is 8.98. The molecular formula is C12H21NO. The lowest BCUT2D eigenvalue weighted by atomic mass is 9.72. The summed E-state index contributed by atoms with van der Waals surface area (Å²) in [6.07, 6.45) is 11.8. The third-order valence-corrected chi connectivity index (χ3v) is 3.97. The van der Waals surface area contributed by atoms with Gasteiger partial charge in [0.2, 0.25) is 0 Å². The normalized spacial score (nSPS) is 33.4. The minimum atomic E-state index is 0.619. The van der Waals surface area contributed by atoms with E-state index in [4.69, 9.17) is 5.21 Å². The Labute approximate surface area is 86.4 Å². The van der Waals surface area contributed by atoms with Crippen LogP contribution >= 0.6 is 0 Å². The van der Waals surface area contributed by atoms with Crippen molar-refractivity contribution in [2.24, 2.45) is 17.0 Å². The van der Waals surface area contributed by atoms with Crippen molar-refractivity contribution in [2.45, 2.75) is 57.8 Å². The van der Waals surface area contributed by atoms with Crippen LogP contribution in [0.2, 0.25) is 0 Å². The molecule has 1 unspecified atom stereocenters. The van der Waals surface area contributed by atoms with Gasteiger partial charge in [-0.05, 0) is 38.0 Å². The molecule has 2 heteroatoms. The van der Waals surface area contributed by atoms with Gasteiger partial charge >= 0.3 is 0 Å². The van der Waals surface area contributed by atoms with E-state index in [0.717, 1.165) is 18.1 Å². The Morgan fingerprint density at radius 1 is 0.929 bits per heavy atom. The summed E-state index contributed by atoms with van der Waals surface area (Å²) in [6, 6.07) is 0. The molecular weight excluding hydrogens is 174 g/mol. The van der Waals surface area contributed by atoms with Crippen LogP contribution in [0.5, 0.6) is 0 Å². The highest BCUT2D eigenvalue weighted by Crippen LogP contribution is 2.36. The van der Waals surface area contributed by atoms with Crippen molar-refractivity contribution in [1.29, 1.82) is 0 Å². The Balaban J connectivity index is 1.98. The number of rotatable bonds is 1. The van der Waals surface area contributed by atoms with Crippen LogP contribution in [-0.2, 0) is 0 Å². The number of hydrogen-bond acceptors (Lipinski definition) is 2. The first-order valence-corrected chi connectivity index (χ1v) is 6.12. The summed E-state index contributed by atoms with van der Waals surface area (Å²) in [6.45, 7) is 0. The maximum absolute atomic E-state index is 8.98. The van der Waals surface area contributed by atoms with Gasteiger partial charge in [-0.25, -0.2) is 0 Å². The van der Waals surface area contributed by atoms with Crippen LogP contribution in [0, 0.1) is 11.8 Å². The molecule has 0 heterocycles. The first kappa shape index (κ1) is 10.0. The van der Waals surface area contributed by atoms with Crippen LogP contribution in [0.25, 0.3) is 0 Å². The number of hydrogen-bond donors (Lipinski definition) is 1. The zero-order valence-corrected chi connectivity index (χ0v) is 8.91. The molecule has 2 aliphatic rings. The molecule has 2 saturated carbocycles. The Kier molecular flexibility index (Phi) is 3.44. The molecule has 0 aromatic carbocycles. The standard InChI is InChI=1S/C12H21NO/c14-13-12-9-5-4-8-11(12)10-6-2-1-3-7-10/h10-11,14H,1-9H2. The zero-order chi connectivity index (χ0) is 9.80. The quantitative estimate of drug-likeness (QED) is 0.503. The lowest BCUT2D eigenvalue weighted by molar-refractivity contribution is 0.256.